The molecule has 0 saturated heterocycles. The first-order valence-electron chi connectivity index (χ1n) is 6.58. The molecule has 6 nitrogen and oxygen atoms in total. The molecule has 0 bridgehead atoms. The van der Waals surface area contributed by atoms with E-state index in [4.69, 9.17) is 9.68 Å². The number of carbonyl (C=O) groups is 2. The quantitative estimate of drug-likeness (QED) is 0.845. The highest BCUT2D eigenvalue weighted by Gasteiger charge is 2.30. The SMILES string of the molecule is COC(=O)CNC1=C(C#N)C(=O)C[C@H](c2ccc(C)o2)C1. The minimum absolute atomic E-state index is 0.0752. The van der Waals surface area contributed by atoms with Gasteiger partial charge in [-0.3, -0.25) is 9.59 Å². The number of esters is 1. The van der Waals surface area contributed by atoms with Gasteiger partial charge in [-0.15, -0.1) is 0 Å². The predicted octanol–water partition coefficient (Wildman–Crippen LogP) is 1.57. The monoisotopic (exact) mass is 288 g/mol. The van der Waals surface area contributed by atoms with E-state index in [-0.39, 0.29) is 30.2 Å². The molecule has 0 aliphatic heterocycles. The van der Waals surface area contributed by atoms with Crippen molar-refractivity contribution in [1.29, 1.82) is 5.26 Å². The van der Waals surface area contributed by atoms with E-state index in [0.29, 0.717) is 12.1 Å². The van der Waals surface area contributed by atoms with E-state index in [1.165, 1.54) is 7.11 Å². The molecule has 0 aromatic carbocycles. The molecule has 0 unspecified atom stereocenters. The normalized spacial score (nSPS) is 18.3. The molecule has 1 aliphatic rings. The van der Waals surface area contributed by atoms with Crippen LogP contribution < -0.4 is 5.32 Å². The molecule has 0 spiro atoms. The minimum atomic E-state index is -0.455. The maximum atomic E-state index is 12.1. The summed E-state index contributed by atoms with van der Waals surface area (Å²) >= 11 is 0. The fourth-order valence-corrected chi connectivity index (χ4v) is 2.33. The lowest BCUT2D eigenvalue weighted by molar-refractivity contribution is -0.139. The molecule has 0 fully saturated rings. The van der Waals surface area contributed by atoms with Gasteiger partial charge in [-0.25, -0.2) is 0 Å². The van der Waals surface area contributed by atoms with Gasteiger partial charge in [0, 0.05) is 18.0 Å². The third-order valence-electron chi connectivity index (χ3n) is 3.41. The van der Waals surface area contributed by atoms with Crippen LogP contribution in [0.5, 0.6) is 0 Å². The highest BCUT2D eigenvalue weighted by molar-refractivity contribution is 6.01. The molecule has 6 heteroatoms. The van der Waals surface area contributed by atoms with Gasteiger partial charge in [-0.1, -0.05) is 0 Å². The number of ether oxygens (including phenoxy) is 1. The van der Waals surface area contributed by atoms with Crippen LogP contribution in [0.15, 0.2) is 27.8 Å². The van der Waals surface area contributed by atoms with Gasteiger partial charge in [0.1, 0.15) is 29.7 Å². The van der Waals surface area contributed by atoms with Crippen LogP contribution in [-0.2, 0) is 14.3 Å². The maximum Gasteiger partial charge on any atom is 0.325 e. The van der Waals surface area contributed by atoms with Gasteiger partial charge in [0.15, 0.2) is 5.78 Å². The van der Waals surface area contributed by atoms with E-state index in [0.717, 1.165) is 11.5 Å². The summed E-state index contributed by atoms with van der Waals surface area (Å²) in [5.41, 5.74) is 0.552. The number of hydrogen-bond donors (Lipinski definition) is 1. The van der Waals surface area contributed by atoms with Crippen LogP contribution in [0, 0.1) is 18.3 Å². The number of furan rings is 1. The zero-order valence-electron chi connectivity index (χ0n) is 11.9. The molecule has 0 radical (unpaired) electrons. The molecular weight excluding hydrogens is 272 g/mol. The van der Waals surface area contributed by atoms with Gasteiger partial charge in [0.25, 0.3) is 0 Å². The lowest BCUT2D eigenvalue weighted by Crippen LogP contribution is -2.29. The summed E-state index contributed by atoms with van der Waals surface area (Å²) in [4.78, 5) is 23.3. The molecule has 1 aromatic heterocycles. The summed E-state index contributed by atoms with van der Waals surface area (Å²) in [5.74, 6) is 0.675. The molecule has 1 N–H and O–H groups in total. The van der Waals surface area contributed by atoms with Crippen LogP contribution in [-0.4, -0.2) is 25.4 Å². The number of ketones is 1. The van der Waals surface area contributed by atoms with Crippen molar-refractivity contribution in [1.82, 2.24) is 5.32 Å². The number of Topliss-reactive ketones (excluding diaryl/α,β-unsaturated/α-hetero) is 1. The molecule has 1 aliphatic carbocycles. The largest absolute Gasteiger partial charge is 0.468 e. The second-order valence-electron chi connectivity index (χ2n) is 4.87. The van der Waals surface area contributed by atoms with Crippen molar-refractivity contribution >= 4 is 11.8 Å². The minimum Gasteiger partial charge on any atom is -0.468 e. The van der Waals surface area contributed by atoms with Crippen molar-refractivity contribution in [3.8, 4) is 6.07 Å². The molecule has 2 rings (SSSR count). The van der Waals surface area contributed by atoms with Crippen LogP contribution in [0.4, 0.5) is 0 Å². The molecular formula is C15H16N2O4. The van der Waals surface area contributed by atoms with Crippen molar-refractivity contribution < 1.29 is 18.7 Å². The second kappa shape index (κ2) is 6.27. The van der Waals surface area contributed by atoms with E-state index < -0.39 is 5.97 Å². The van der Waals surface area contributed by atoms with Crippen molar-refractivity contribution in [3.05, 3.63) is 34.9 Å². The number of aryl methyl sites for hydroxylation is 1. The van der Waals surface area contributed by atoms with E-state index >= 15 is 0 Å². The molecule has 1 atom stereocenters. The third kappa shape index (κ3) is 3.31. The fourth-order valence-electron chi connectivity index (χ4n) is 2.33. The Kier molecular flexibility index (Phi) is 4.43. The van der Waals surface area contributed by atoms with Crippen molar-refractivity contribution in [2.75, 3.05) is 13.7 Å². The first-order valence-corrected chi connectivity index (χ1v) is 6.58. The first-order chi connectivity index (χ1) is 10.0. The maximum absolute atomic E-state index is 12.1. The standard InChI is InChI=1S/C15H16N2O4/c1-9-3-4-14(21-9)10-5-12(17-8-15(19)20-2)11(7-16)13(18)6-10/h3-4,10,17H,5-6,8H2,1-2H3/t10-/m1/s1. The highest BCUT2D eigenvalue weighted by Crippen LogP contribution is 2.34. The lowest BCUT2D eigenvalue weighted by Gasteiger charge is -2.23. The van der Waals surface area contributed by atoms with E-state index in [9.17, 15) is 9.59 Å². The molecule has 21 heavy (non-hydrogen) atoms. The number of rotatable bonds is 4. The Labute approximate surface area is 122 Å². The van der Waals surface area contributed by atoms with E-state index in [1.807, 2.05) is 25.1 Å². The molecule has 110 valence electrons. The van der Waals surface area contributed by atoms with Crippen LogP contribution in [0.1, 0.15) is 30.3 Å². The van der Waals surface area contributed by atoms with Gasteiger partial charge in [-0.2, -0.15) is 5.26 Å². The van der Waals surface area contributed by atoms with E-state index in [2.05, 4.69) is 10.1 Å². The molecule has 1 heterocycles. The first kappa shape index (κ1) is 14.9. The molecule has 0 saturated carbocycles. The number of nitrogens with one attached hydrogen (secondary N) is 1. The van der Waals surface area contributed by atoms with Crippen molar-refractivity contribution in [2.24, 2.45) is 0 Å². The summed E-state index contributed by atoms with van der Waals surface area (Å²) in [6.45, 7) is 1.76. The zero-order chi connectivity index (χ0) is 15.4. The molecule has 1 aromatic rings. The number of allylic oxidation sites excluding steroid dienone is 2. The number of methoxy groups -OCH3 is 1. The van der Waals surface area contributed by atoms with Crippen molar-refractivity contribution in [3.63, 3.8) is 0 Å². The summed E-state index contributed by atoms with van der Waals surface area (Å²) in [6.07, 6.45) is 0.692. The average molecular weight is 288 g/mol. The fraction of sp³-hybridized carbons (Fsp3) is 0.400. The zero-order valence-corrected chi connectivity index (χ0v) is 11.9. The van der Waals surface area contributed by atoms with Crippen LogP contribution in [0.2, 0.25) is 0 Å². The van der Waals surface area contributed by atoms with Gasteiger partial charge >= 0.3 is 5.97 Å². The van der Waals surface area contributed by atoms with E-state index in [1.54, 1.807) is 0 Å². The van der Waals surface area contributed by atoms with Crippen LogP contribution in [0.25, 0.3) is 0 Å². The predicted molar refractivity (Wildman–Crippen MR) is 73.1 cm³/mol. The lowest BCUT2D eigenvalue weighted by atomic mass is 9.85. The van der Waals surface area contributed by atoms with Crippen LogP contribution >= 0.6 is 0 Å². The summed E-state index contributed by atoms with van der Waals surface area (Å²) < 4.78 is 10.1. The Morgan fingerprint density at radius 2 is 2.29 bits per heavy atom. The summed E-state index contributed by atoms with van der Waals surface area (Å²) in [6, 6.07) is 5.58. The average Bonchev–Trinajstić information content (AvgIpc) is 2.90. The van der Waals surface area contributed by atoms with Gasteiger partial charge in [0.05, 0.1) is 7.11 Å². The summed E-state index contributed by atoms with van der Waals surface area (Å²) in [7, 11) is 1.28. The number of nitriles is 1. The third-order valence-corrected chi connectivity index (χ3v) is 3.41. The number of nitrogens with zero attached hydrogens (tertiary/aromatic N) is 1. The van der Waals surface area contributed by atoms with Gasteiger partial charge in [-0.05, 0) is 25.5 Å². The topological polar surface area (TPSA) is 92.3 Å². The van der Waals surface area contributed by atoms with Crippen LogP contribution in [0.3, 0.4) is 0 Å². The van der Waals surface area contributed by atoms with Gasteiger partial charge < -0.3 is 14.5 Å². The molecule has 0 amide bonds. The second-order valence-corrected chi connectivity index (χ2v) is 4.87. The Morgan fingerprint density at radius 3 is 2.86 bits per heavy atom. The Morgan fingerprint density at radius 1 is 1.52 bits per heavy atom. The Balaban J connectivity index is 2.20. The number of hydrogen-bond acceptors (Lipinski definition) is 6. The highest BCUT2D eigenvalue weighted by atomic mass is 16.5. The van der Waals surface area contributed by atoms with Crippen molar-refractivity contribution in [2.45, 2.75) is 25.7 Å². The Bertz CT molecular complexity index is 636. The summed E-state index contributed by atoms with van der Waals surface area (Å²) in [5, 5.41) is 11.9. The smallest absolute Gasteiger partial charge is 0.325 e. The Hall–Kier alpha value is -2.55. The number of carbonyl (C=O) groups excluding carboxylic acids is 2. The van der Waals surface area contributed by atoms with Gasteiger partial charge in [0.2, 0.25) is 0 Å².